The Labute approximate surface area is 82.8 Å². The van der Waals surface area contributed by atoms with Crippen LogP contribution in [0, 0.1) is 13.8 Å². The predicted octanol–water partition coefficient (Wildman–Crippen LogP) is 4.17. The van der Waals surface area contributed by atoms with E-state index >= 15 is 0 Å². The first-order valence-electron chi connectivity index (χ1n) is 3.64. The molecule has 1 rings (SSSR count). The Morgan fingerprint density at radius 1 is 1.25 bits per heavy atom. The molecule has 0 aliphatic carbocycles. The third-order valence-corrected chi connectivity index (χ3v) is 2.63. The van der Waals surface area contributed by atoms with Gasteiger partial charge in [-0.2, -0.15) is 0 Å². The number of hydrogen-bond donors (Lipinski definition) is 0. The van der Waals surface area contributed by atoms with Crippen molar-refractivity contribution in [2.45, 2.75) is 13.8 Å². The molecule has 0 fully saturated rings. The maximum Gasteiger partial charge on any atom is 0.0438 e. The van der Waals surface area contributed by atoms with E-state index in [-0.39, 0.29) is 0 Å². The molecular formula is C10H10Cl2. The van der Waals surface area contributed by atoms with E-state index in [2.05, 4.69) is 6.58 Å². The zero-order chi connectivity index (χ0) is 9.30. The summed E-state index contributed by atoms with van der Waals surface area (Å²) in [5.74, 6) is 0. The molecule has 0 atom stereocenters. The van der Waals surface area contributed by atoms with Gasteiger partial charge in [-0.1, -0.05) is 35.8 Å². The molecule has 12 heavy (non-hydrogen) atoms. The summed E-state index contributed by atoms with van der Waals surface area (Å²) in [6.07, 6.45) is 0. The van der Waals surface area contributed by atoms with Crippen LogP contribution in [-0.4, -0.2) is 0 Å². The fraction of sp³-hybridized carbons (Fsp3) is 0.200. The highest BCUT2D eigenvalue weighted by Gasteiger charge is 2.05. The van der Waals surface area contributed by atoms with Gasteiger partial charge in [0, 0.05) is 10.1 Å². The van der Waals surface area contributed by atoms with Crippen molar-refractivity contribution in [2.75, 3.05) is 0 Å². The van der Waals surface area contributed by atoms with E-state index in [4.69, 9.17) is 23.2 Å². The summed E-state index contributed by atoms with van der Waals surface area (Å²) < 4.78 is 0. The quantitative estimate of drug-likeness (QED) is 0.639. The smallest absolute Gasteiger partial charge is 0.0438 e. The van der Waals surface area contributed by atoms with E-state index in [1.165, 1.54) is 0 Å². The molecule has 2 heteroatoms. The van der Waals surface area contributed by atoms with Crippen LogP contribution in [0.5, 0.6) is 0 Å². The topological polar surface area (TPSA) is 0 Å². The molecule has 0 aliphatic heterocycles. The van der Waals surface area contributed by atoms with Crippen molar-refractivity contribution in [1.82, 2.24) is 0 Å². The minimum absolute atomic E-state index is 0.562. The fourth-order valence-electron chi connectivity index (χ4n) is 1.08. The number of halogens is 2. The molecule has 0 N–H and O–H groups in total. The second kappa shape index (κ2) is 3.51. The predicted molar refractivity (Wildman–Crippen MR) is 55.8 cm³/mol. The summed E-state index contributed by atoms with van der Waals surface area (Å²) in [5, 5.41) is 1.33. The standard InChI is InChI=1S/C10H10Cl2/c1-6-7(2)10(12)5-4-9(6)8(3)11/h4-5H,3H2,1-2H3. The molecule has 0 radical (unpaired) electrons. The lowest BCUT2D eigenvalue weighted by molar-refractivity contribution is 1.32. The maximum absolute atomic E-state index is 5.92. The Hall–Kier alpha value is -0.460. The van der Waals surface area contributed by atoms with Gasteiger partial charge in [-0.15, -0.1) is 0 Å². The first-order chi connectivity index (χ1) is 5.54. The first-order valence-corrected chi connectivity index (χ1v) is 4.40. The van der Waals surface area contributed by atoms with Gasteiger partial charge in [0.2, 0.25) is 0 Å². The molecule has 1 aromatic rings. The average molecular weight is 201 g/mol. The lowest BCUT2D eigenvalue weighted by atomic mass is 10.0. The molecule has 0 spiro atoms. The van der Waals surface area contributed by atoms with Gasteiger partial charge >= 0.3 is 0 Å². The van der Waals surface area contributed by atoms with Crippen molar-refractivity contribution in [3.63, 3.8) is 0 Å². The molecule has 0 amide bonds. The van der Waals surface area contributed by atoms with Crippen LogP contribution < -0.4 is 0 Å². The van der Waals surface area contributed by atoms with E-state index < -0.39 is 0 Å². The van der Waals surface area contributed by atoms with Crippen LogP contribution in [0.2, 0.25) is 5.02 Å². The van der Waals surface area contributed by atoms with E-state index in [1.807, 2.05) is 26.0 Å². The van der Waals surface area contributed by atoms with E-state index in [0.717, 1.165) is 21.7 Å². The fourth-order valence-corrected chi connectivity index (χ4v) is 1.49. The number of benzene rings is 1. The lowest BCUT2D eigenvalue weighted by Crippen LogP contribution is -1.88. The second-order valence-electron chi connectivity index (χ2n) is 2.75. The van der Waals surface area contributed by atoms with Crippen LogP contribution >= 0.6 is 23.2 Å². The van der Waals surface area contributed by atoms with Gasteiger partial charge in [0.1, 0.15) is 0 Å². The van der Waals surface area contributed by atoms with Crippen molar-refractivity contribution < 1.29 is 0 Å². The van der Waals surface area contributed by atoms with E-state index in [9.17, 15) is 0 Å². The second-order valence-corrected chi connectivity index (χ2v) is 3.61. The zero-order valence-electron chi connectivity index (χ0n) is 7.12. The normalized spacial score (nSPS) is 10.0. The van der Waals surface area contributed by atoms with Crippen molar-refractivity contribution in [3.05, 3.63) is 40.4 Å². The Bertz CT molecular complexity index is 327. The Morgan fingerprint density at radius 2 is 1.83 bits per heavy atom. The van der Waals surface area contributed by atoms with Gasteiger partial charge in [0.25, 0.3) is 0 Å². The molecule has 0 aliphatic rings. The summed E-state index contributed by atoms with van der Waals surface area (Å²) in [6, 6.07) is 3.73. The lowest BCUT2D eigenvalue weighted by Gasteiger charge is -2.07. The third-order valence-electron chi connectivity index (χ3n) is 2.01. The molecule has 1 aromatic carbocycles. The van der Waals surface area contributed by atoms with Gasteiger partial charge in [-0.25, -0.2) is 0 Å². The van der Waals surface area contributed by atoms with Crippen molar-refractivity contribution >= 4 is 28.2 Å². The van der Waals surface area contributed by atoms with Crippen LogP contribution in [0.1, 0.15) is 16.7 Å². The van der Waals surface area contributed by atoms with Gasteiger partial charge in [0.05, 0.1) is 0 Å². The summed E-state index contributed by atoms with van der Waals surface area (Å²) in [6.45, 7) is 7.64. The molecule has 0 saturated heterocycles. The molecule has 0 heterocycles. The average Bonchev–Trinajstić information content (AvgIpc) is 2.00. The molecule has 64 valence electrons. The Kier molecular flexibility index (Phi) is 2.81. The molecule has 0 saturated carbocycles. The summed E-state index contributed by atoms with van der Waals surface area (Å²) in [5.41, 5.74) is 3.14. The zero-order valence-corrected chi connectivity index (χ0v) is 8.63. The monoisotopic (exact) mass is 200 g/mol. The number of rotatable bonds is 1. The molecule has 0 aromatic heterocycles. The van der Waals surface area contributed by atoms with Gasteiger partial charge in [-0.05, 0) is 36.6 Å². The van der Waals surface area contributed by atoms with Gasteiger partial charge < -0.3 is 0 Å². The van der Waals surface area contributed by atoms with Crippen LogP contribution in [0.15, 0.2) is 18.7 Å². The summed E-state index contributed by atoms with van der Waals surface area (Å²) in [4.78, 5) is 0. The third kappa shape index (κ3) is 1.65. The Balaban J connectivity index is 3.36. The first kappa shape index (κ1) is 9.63. The van der Waals surface area contributed by atoms with E-state index in [0.29, 0.717) is 5.03 Å². The minimum Gasteiger partial charge on any atom is -0.0843 e. The van der Waals surface area contributed by atoms with Gasteiger partial charge in [-0.3, -0.25) is 0 Å². The maximum atomic E-state index is 5.92. The molecule has 0 bridgehead atoms. The highest BCUT2D eigenvalue weighted by Crippen LogP contribution is 2.27. The molecule has 0 unspecified atom stereocenters. The highest BCUT2D eigenvalue weighted by atomic mass is 35.5. The minimum atomic E-state index is 0.562. The van der Waals surface area contributed by atoms with Crippen molar-refractivity contribution in [3.8, 4) is 0 Å². The Morgan fingerprint density at radius 3 is 2.33 bits per heavy atom. The largest absolute Gasteiger partial charge is 0.0843 e. The number of hydrogen-bond acceptors (Lipinski definition) is 0. The summed E-state index contributed by atoms with van der Waals surface area (Å²) >= 11 is 11.7. The van der Waals surface area contributed by atoms with Crippen LogP contribution in [0.3, 0.4) is 0 Å². The van der Waals surface area contributed by atoms with Crippen LogP contribution in [0.4, 0.5) is 0 Å². The van der Waals surface area contributed by atoms with Gasteiger partial charge in [0.15, 0.2) is 0 Å². The van der Waals surface area contributed by atoms with E-state index in [1.54, 1.807) is 0 Å². The molecule has 0 nitrogen and oxygen atoms in total. The van der Waals surface area contributed by atoms with Crippen LogP contribution in [-0.2, 0) is 0 Å². The van der Waals surface area contributed by atoms with Crippen molar-refractivity contribution in [1.29, 1.82) is 0 Å². The SMILES string of the molecule is C=C(Cl)c1ccc(Cl)c(C)c1C. The highest BCUT2D eigenvalue weighted by molar-refractivity contribution is 6.48. The van der Waals surface area contributed by atoms with Crippen molar-refractivity contribution in [2.24, 2.45) is 0 Å². The summed E-state index contributed by atoms with van der Waals surface area (Å²) in [7, 11) is 0. The molecular weight excluding hydrogens is 191 g/mol. The van der Waals surface area contributed by atoms with Crippen LogP contribution in [0.25, 0.3) is 5.03 Å².